The second kappa shape index (κ2) is 6.81. The van der Waals surface area contributed by atoms with Gasteiger partial charge in [-0.05, 0) is 49.1 Å². The molecular formula is C20H22FNO2. The average molecular weight is 327 g/mol. The molecule has 2 atom stereocenters. The molecule has 126 valence electrons. The van der Waals surface area contributed by atoms with Crippen LogP contribution < -0.4 is 9.47 Å². The zero-order chi connectivity index (χ0) is 16.4. The lowest BCUT2D eigenvalue weighted by Gasteiger charge is -2.36. The number of hydrogen-bond acceptors (Lipinski definition) is 3. The molecule has 2 aliphatic heterocycles. The highest BCUT2D eigenvalue weighted by Crippen LogP contribution is 2.32. The van der Waals surface area contributed by atoms with Crippen molar-refractivity contribution in [1.29, 1.82) is 0 Å². The van der Waals surface area contributed by atoms with Crippen LogP contribution in [0.2, 0.25) is 0 Å². The van der Waals surface area contributed by atoms with Gasteiger partial charge in [0.1, 0.15) is 18.5 Å². The molecule has 0 radical (unpaired) electrons. The first-order valence-electron chi connectivity index (χ1n) is 8.65. The minimum absolute atomic E-state index is 0.0271. The van der Waals surface area contributed by atoms with Crippen LogP contribution in [0.15, 0.2) is 48.5 Å². The monoisotopic (exact) mass is 327 g/mol. The molecule has 0 bridgehead atoms. The van der Waals surface area contributed by atoms with Crippen molar-refractivity contribution >= 4 is 0 Å². The van der Waals surface area contributed by atoms with Crippen molar-refractivity contribution in [3.8, 4) is 11.5 Å². The first-order chi connectivity index (χ1) is 11.8. The SMILES string of the molecule is Fc1ccccc1C1CCCN(C[C@H]2COc3ccccc3O2)C1. The van der Waals surface area contributed by atoms with E-state index in [1.165, 1.54) is 0 Å². The summed E-state index contributed by atoms with van der Waals surface area (Å²) in [7, 11) is 0. The van der Waals surface area contributed by atoms with Crippen LogP contribution in [0.4, 0.5) is 4.39 Å². The number of likely N-dealkylation sites (tertiary alicyclic amines) is 1. The van der Waals surface area contributed by atoms with E-state index in [4.69, 9.17) is 9.47 Å². The van der Waals surface area contributed by atoms with Gasteiger partial charge in [-0.3, -0.25) is 4.90 Å². The van der Waals surface area contributed by atoms with Gasteiger partial charge in [0.2, 0.25) is 0 Å². The predicted octanol–water partition coefficient (Wildman–Crippen LogP) is 3.85. The van der Waals surface area contributed by atoms with E-state index in [0.29, 0.717) is 6.61 Å². The van der Waals surface area contributed by atoms with Gasteiger partial charge in [-0.15, -0.1) is 0 Å². The molecular weight excluding hydrogens is 305 g/mol. The third kappa shape index (κ3) is 3.24. The van der Waals surface area contributed by atoms with Crippen molar-refractivity contribution in [2.45, 2.75) is 24.9 Å². The Morgan fingerprint density at radius 2 is 1.83 bits per heavy atom. The number of halogens is 1. The summed E-state index contributed by atoms with van der Waals surface area (Å²) in [6.45, 7) is 3.30. The van der Waals surface area contributed by atoms with Gasteiger partial charge in [-0.25, -0.2) is 4.39 Å². The van der Waals surface area contributed by atoms with Crippen molar-refractivity contribution in [1.82, 2.24) is 4.90 Å². The van der Waals surface area contributed by atoms with E-state index in [1.54, 1.807) is 12.1 Å². The second-order valence-electron chi connectivity index (χ2n) is 6.62. The Labute approximate surface area is 142 Å². The van der Waals surface area contributed by atoms with Gasteiger partial charge in [0.15, 0.2) is 11.5 Å². The first-order valence-corrected chi connectivity index (χ1v) is 8.65. The number of para-hydroxylation sites is 2. The van der Waals surface area contributed by atoms with Crippen molar-refractivity contribution in [2.75, 3.05) is 26.2 Å². The maximum Gasteiger partial charge on any atom is 0.161 e. The number of nitrogens with zero attached hydrogens (tertiary/aromatic N) is 1. The Balaban J connectivity index is 1.40. The van der Waals surface area contributed by atoms with Gasteiger partial charge in [0, 0.05) is 13.1 Å². The molecule has 2 aromatic carbocycles. The molecule has 3 nitrogen and oxygen atoms in total. The van der Waals surface area contributed by atoms with Crippen LogP contribution >= 0.6 is 0 Å². The lowest BCUT2D eigenvalue weighted by molar-refractivity contribution is 0.0503. The molecule has 0 amide bonds. The van der Waals surface area contributed by atoms with Crippen LogP contribution in [0.5, 0.6) is 11.5 Å². The van der Waals surface area contributed by atoms with Gasteiger partial charge in [0.05, 0.1) is 0 Å². The highest BCUT2D eigenvalue weighted by atomic mass is 19.1. The Hall–Kier alpha value is -2.07. The molecule has 2 aromatic rings. The number of hydrogen-bond donors (Lipinski definition) is 0. The minimum Gasteiger partial charge on any atom is -0.486 e. The number of rotatable bonds is 3. The summed E-state index contributed by atoms with van der Waals surface area (Å²) in [5.41, 5.74) is 0.841. The fraction of sp³-hybridized carbons (Fsp3) is 0.400. The van der Waals surface area contributed by atoms with Gasteiger partial charge >= 0.3 is 0 Å². The lowest BCUT2D eigenvalue weighted by atomic mass is 9.90. The molecule has 4 rings (SSSR count). The fourth-order valence-electron chi connectivity index (χ4n) is 3.72. The number of ether oxygens (including phenoxy) is 2. The molecule has 2 heterocycles. The lowest BCUT2D eigenvalue weighted by Crippen LogP contribution is -2.44. The molecule has 0 aromatic heterocycles. The van der Waals surface area contributed by atoms with E-state index in [0.717, 1.165) is 49.5 Å². The molecule has 4 heteroatoms. The van der Waals surface area contributed by atoms with Crippen LogP contribution in [0.1, 0.15) is 24.3 Å². The Morgan fingerprint density at radius 1 is 1.04 bits per heavy atom. The molecule has 0 saturated carbocycles. The van der Waals surface area contributed by atoms with E-state index in [1.807, 2.05) is 36.4 Å². The zero-order valence-corrected chi connectivity index (χ0v) is 13.7. The van der Waals surface area contributed by atoms with Crippen molar-refractivity contribution in [2.24, 2.45) is 0 Å². The number of piperidine rings is 1. The molecule has 1 fully saturated rings. The van der Waals surface area contributed by atoms with E-state index in [9.17, 15) is 4.39 Å². The molecule has 24 heavy (non-hydrogen) atoms. The normalized spacial score (nSPS) is 23.9. The van der Waals surface area contributed by atoms with Gasteiger partial charge in [-0.1, -0.05) is 30.3 Å². The molecule has 2 aliphatic rings. The third-order valence-corrected chi connectivity index (χ3v) is 4.88. The van der Waals surface area contributed by atoms with Gasteiger partial charge < -0.3 is 9.47 Å². The summed E-state index contributed by atoms with van der Waals surface area (Å²) in [6.07, 6.45) is 2.16. The van der Waals surface area contributed by atoms with Gasteiger partial charge in [-0.2, -0.15) is 0 Å². The Kier molecular flexibility index (Phi) is 4.39. The van der Waals surface area contributed by atoms with E-state index in [2.05, 4.69) is 4.90 Å². The van der Waals surface area contributed by atoms with E-state index >= 15 is 0 Å². The van der Waals surface area contributed by atoms with Crippen LogP contribution in [0.25, 0.3) is 0 Å². The van der Waals surface area contributed by atoms with Crippen molar-refractivity contribution in [3.05, 3.63) is 59.9 Å². The molecule has 1 saturated heterocycles. The standard InChI is InChI=1S/C20H22FNO2/c21-18-8-2-1-7-17(18)15-6-5-11-22(12-15)13-16-14-23-19-9-3-4-10-20(19)24-16/h1-4,7-10,15-16H,5-6,11-14H2/t15?,16-/m0/s1. The van der Waals surface area contributed by atoms with Crippen LogP contribution in [0.3, 0.4) is 0 Å². The van der Waals surface area contributed by atoms with E-state index < -0.39 is 0 Å². The molecule has 0 aliphatic carbocycles. The maximum atomic E-state index is 14.1. The van der Waals surface area contributed by atoms with Crippen LogP contribution in [-0.2, 0) is 0 Å². The molecule has 0 N–H and O–H groups in total. The van der Waals surface area contributed by atoms with Crippen molar-refractivity contribution < 1.29 is 13.9 Å². The quantitative estimate of drug-likeness (QED) is 0.855. The van der Waals surface area contributed by atoms with Gasteiger partial charge in [0.25, 0.3) is 0 Å². The third-order valence-electron chi connectivity index (χ3n) is 4.88. The van der Waals surface area contributed by atoms with E-state index in [-0.39, 0.29) is 17.8 Å². The second-order valence-corrected chi connectivity index (χ2v) is 6.62. The topological polar surface area (TPSA) is 21.7 Å². The fourth-order valence-corrected chi connectivity index (χ4v) is 3.72. The van der Waals surface area contributed by atoms with Crippen LogP contribution in [0, 0.1) is 5.82 Å². The smallest absolute Gasteiger partial charge is 0.161 e. The summed E-state index contributed by atoms with van der Waals surface area (Å²) >= 11 is 0. The predicted molar refractivity (Wildman–Crippen MR) is 91.2 cm³/mol. The number of fused-ring (bicyclic) bond motifs is 1. The number of benzene rings is 2. The highest BCUT2D eigenvalue weighted by Gasteiger charge is 2.28. The minimum atomic E-state index is -0.0875. The highest BCUT2D eigenvalue weighted by molar-refractivity contribution is 5.40. The summed E-state index contributed by atoms with van der Waals surface area (Å²) in [5, 5.41) is 0. The first kappa shape index (κ1) is 15.5. The Morgan fingerprint density at radius 3 is 2.71 bits per heavy atom. The zero-order valence-electron chi connectivity index (χ0n) is 13.7. The Bertz CT molecular complexity index is 706. The summed E-state index contributed by atoms with van der Waals surface area (Å²) in [5.74, 6) is 1.81. The molecule has 0 spiro atoms. The summed E-state index contributed by atoms with van der Waals surface area (Å²) in [6, 6.07) is 14.9. The average Bonchev–Trinajstić information content (AvgIpc) is 2.62. The summed E-state index contributed by atoms with van der Waals surface area (Å²) in [4.78, 5) is 2.38. The van der Waals surface area contributed by atoms with Crippen molar-refractivity contribution in [3.63, 3.8) is 0 Å². The van der Waals surface area contributed by atoms with Crippen LogP contribution in [-0.4, -0.2) is 37.2 Å². The molecule has 1 unspecified atom stereocenters. The largest absolute Gasteiger partial charge is 0.486 e. The maximum absolute atomic E-state index is 14.1. The summed E-state index contributed by atoms with van der Waals surface area (Å²) < 4.78 is 25.9.